The van der Waals surface area contributed by atoms with Crippen LogP contribution in [0.25, 0.3) is 11.1 Å². The number of hydrogen-bond donors (Lipinski definition) is 0. The standard InChI is InChI=1S/C27H25N3O4S/c31-27(29-15-6-9-21(18-29)26-28-23-11-2-4-13-25(23)34-26)20-8-5-10-22(17-20)35(32,33)30-16-14-19-7-1-3-12-24(19)30/h1-5,7-8,10-13,17,21H,6,9,14-16,18H2/t21-/m0/s1. The van der Waals surface area contributed by atoms with E-state index >= 15 is 0 Å². The minimum absolute atomic E-state index is 0.00752. The quantitative estimate of drug-likeness (QED) is 0.420. The predicted molar refractivity (Wildman–Crippen MR) is 133 cm³/mol. The van der Waals surface area contributed by atoms with E-state index in [0.29, 0.717) is 43.2 Å². The van der Waals surface area contributed by atoms with E-state index in [0.717, 1.165) is 29.5 Å². The van der Waals surface area contributed by atoms with Crippen molar-refractivity contribution < 1.29 is 17.6 Å². The molecule has 6 rings (SSSR count). The Morgan fingerprint density at radius 1 is 0.971 bits per heavy atom. The van der Waals surface area contributed by atoms with Crippen LogP contribution in [0, 0.1) is 0 Å². The summed E-state index contributed by atoms with van der Waals surface area (Å²) in [6, 6.07) is 21.6. The maximum atomic E-state index is 13.5. The van der Waals surface area contributed by atoms with Crippen LogP contribution in [0.2, 0.25) is 0 Å². The van der Waals surface area contributed by atoms with Crippen molar-refractivity contribution >= 4 is 32.7 Å². The number of sulfonamides is 1. The zero-order valence-corrected chi connectivity index (χ0v) is 19.9. The number of rotatable bonds is 4. The molecule has 0 spiro atoms. The lowest BCUT2D eigenvalue weighted by atomic mass is 9.97. The second kappa shape index (κ2) is 8.53. The third kappa shape index (κ3) is 3.87. The first-order chi connectivity index (χ1) is 17.0. The molecule has 1 saturated heterocycles. The van der Waals surface area contributed by atoms with E-state index in [1.54, 1.807) is 23.1 Å². The molecule has 1 amide bonds. The second-order valence-electron chi connectivity index (χ2n) is 9.09. The molecule has 0 radical (unpaired) electrons. The van der Waals surface area contributed by atoms with Gasteiger partial charge in [0.1, 0.15) is 5.52 Å². The molecule has 2 aliphatic heterocycles. The highest BCUT2D eigenvalue weighted by molar-refractivity contribution is 7.92. The monoisotopic (exact) mass is 487 g/mol. The number of hydrogen-bond acceptors (Lipinski definition) is 5. The maximum Gasteiger partial charge on any atom is 0.264 e. The van der Waals surface area contributed by atoms with Crippen LogP contribution in [0.5, 0.6) is 0 Å². The zero-order chi connectivity index (χ0) is 24.0. The Morgan fingerprint density at radius 3 is 2.69 bits per heavy atom. The van der Waals surface area contributed by atoms with E-state index in [-0.39, 0.29) is 16.7 Å². The van der Waals surface area contributed by atoms with Gasteiger partial charge in [0.15, 0.2) is 11.5 Å². The van der Waals surface area contributed by atoms with Crippen LogP contribution in [0.1, 0.15) is 40.6 Å². The van der Waals surface area contributed by atoms with E-state index in [1.807, 2.05) is 48.5 Å². The van der Waals surface area contributed by atoms with Gasteiger partial charge in [0.2, 0.25) is 0 Å². The normalized spacial score (nSPS) is 18.1. The third-order valence-electron chi connectivity index (χ3n) is 6.88. The van der Waals surface area contributed by atoms with Gasteiger partial charge in [-0.15, -0.1) is 0 Å². The summed E-state index contributed by atoms with van der Waals surface area (Å²) in [6.45, 7) is 1.51. The van der Waals surface area contributed by atoms with Crippen LogP contribution in [0.4, 0.5) is 5.69 Å². The molecule has 8 heteroatoms. The van der Waals surface area contributed by atoms with Crippen molar-refractivity contribution in [1.29, 1.82) is 0 Å². The van der Waals surface area contributed by atoms with E-state index in [2.05, 4.69) is 4.98 Å². The van der Waals surface area contributed by atoms with Crippen molar-refractivity contribution in [3.05, 3.63) is 89.8 Å². The number of para-hydroxylation sites is 3. The van der Waals surface area contributed by atoms with Crippen molar-refractivity contribution in [2.45, 2.75) is 30.1 Å². The summed E-state index contributed by atoms with van der Waals surface area (Å²) in [5, 5.41) is 0. The molecule has 7 nitrogen and oxygen atoms in total. The van der Waals surface area contributed by atoms with Crippen molar-refractivity contribution in [3.63, 3.8) is 0 Å². The van der Waals surface area contributed by atoms with Crippen LogP contribution in [-0.4, -0.2) is 43.8 Å². The zero-order valence-electron chi connectivity index (χ0n) is 19.1. The molecule has 2 aliphatic rings. The number of benzene rings is 3. The lowest BCUT2D eigenvalue weighted by Gasteiger charge is -2.31. The summed E-state index contributed by atoms with van der Waals surface area (Å²) in [5.41, 5.74) is 3.65. The first-order valence-corrected chi connectivity index (χ1v) is 13.3. The van der Waals surface area contributed by atoms with E-state index in [1.165, 1.54) is 10.4 Å². The molecular weight excluding hydrogens is 462 g/mol. The number of carbonyl (C=O) groups is 1. The van der Waals surface area contributed by atoms with E-state index in [4.69, 9.17) is 4.42 Å². The SMILES string of the molecule is O=C(c1cccc(S(=O)(=O)N2CCc3ccccc32)c1)N1CCC[C@H](c2nc3ccccc3o2)C1. The Balaban J connectivity index is 1.24. The summed E-state index contributed by atoms with van der Waals surface area (Å²) >= 11 is 0. The van der Waals surface area contributed by atoms with Gasteiger partial charge in [0, 0.05) is 25.2 Å². The second-order valence-corrected chi connectivity index (χ2v) is 11.0. The Kier molecular flexibility index (Phi) is 5.33. The maximum absolute atomic E-state index is 13.5. The summed E-state index contributed by atoms with van der Waals surface area (Å²) in [4.78, 5) is 19.9. The average molecular weight is 488 g/mol. The van der Waals surface area contributed by atoms with Crippen LogP contribution in [0.15, 0.2) is 82.1 Å². The highest BCUT2D eigenvalue weighted by Crippen LogP contribution is 2.33. The number of nitrogens with zero attached hydrogens (tertiary/aromatic N) is 3. The number of amides is 1. The summed E-state index contributed by atoms with van der Waals surface area (Å²) in [5.74, 6) is 0.477. The lowest BCUT2D eigenvalue weighted by Crippen LogP contribution is -2.39. The van der Waals surface area contributed by atoms with Crippen LogP contribution in [0.3, 0.4) is 0 Å². The topological polar surface area (TPSA) is 83.7 Å². The minimum atomic E-state index is -3.77. The molecule has 1 aromatic heterocycles. The van der Waals surface area contributed by atoms with Crippen molar-refractivity contribution in [3.8, 4) is 0 Å². The van der Waals surface area contributed by atoms with Gasteiger partial charge in [-0.3, -0.25) is 9.10 Å². The largest absolute Gasteiger partial charge is 0.440 e. The molecular formula is C27H25N3O4S. The number of aromatic nitrogens is 1. The number of piperidine rings is 1. The minimum Gasteiger partial charge on any atom is -0.440 e. The molecule has 0 saturated carbocycles. The Hall–Kier alpha value is -3.65. The lowest BCUT2D eigenvalue weighted by molar-refractivity contribution is 0.0698. The fraction of sp³-hybridized carbons (Fsp3) is 0.259. The molecule has 3 heterocycles. The van der Waals surface area contributed by atoms with Gasteiger partial charge in [0.25, 0.3) is 15.9 Å². The molecule has 1 atom stereocenters. The number of oxazole rings is 1. The Bertz CT molecular complexity index is 1500. The molecule has 0 bridgehead atoms. The van der Waals surface area contributed by atoms with Crippen molar-refractivity contribution in [2.24, 2.45) is 0 Å². The summed E-state index contributed by atoms with van der Waals surface area (Å²) < 4.78 is 34.3. The van der Waals surface area contributed by atoms with E-state index in [9.17, 15) is 13.2 Å². The van der Waals surface area contributed by atoms with Crippen LogP contribution < -0.4 is 4.31 Å². The Labute approximate surface area is 204 Å². The number of carbonyl (C=O) groups excluding carboxylic acids is 1. The highest BCUT2D eigenvalue weighted by atomic mass is 32.2. The fourth-order valence-electron chi connectivity index (χ4n) is 5.08. The van der Waals surface area contributed by atoms with Crippen molar-refractivity contribution in [1.82, 2.24) is 9.88 Å². The first kappa shape index (κ1) is 21.9. The number of likely N-dealkylation sites (tertiary alicyclic amines) is 1. The number of fused-ring (bicyclic) bond motifs is 2. The highest BCUT2D eigenvalue weighted by Gasteiger charge is 2.32. The molecule has 178 valence electrons. The molecule has 0 unspecified atom stereocenters. The molecule has 0 aliphatic carbocycles. The van der Waals surface area contributed by atoms with Crippen molar-refractivity contribution in [2.75, 3.05) is 23.9 Å². The van der Waals surface area contributed by atoms with Gasteiger partial charge in [-0.2, -0.15) is 0 Å². The van der Waals surface area contributed by atoms with E-state index < -0.39 is 10.0 Å². The summed E-state index contributed by atoms with van der Waals surface area (Å²) in [7, 11) is -3.77. The molecule has 3 aromatic carbocycles. The molecule has 35 heavy (non-hydrogen) atoms. The Morgan fingerprint density at radius 2 is 1.80 bits per heavy atom. The van der Waals surface area contributed by atoms with Gasteiger partial charge >= 0.3 is 0 Å². The van der Waals surface area contributed by atoms with Crippen LogP contribution >= 0.6 is 0 Å². The number of anilines is 1. The fourth-order valence-corrected chi connectivity index (χ4v) is 6.63. The molecule has 0 N–H and O–H groups in total. The van der Waals surface area contributed by atoms with Gasteiger partial charge in [0.05, 0.1) is 16.5 Å². The summed E-state index contributed by atoms with van der Waals surface area (Å²) in [6.07, 6.45) is 2.40. The smallest absolute Gasteiger partial charge is 0.264 e. The third-order valence-corrected chi connectivity index (χ3v) is 8.69. The van der Waals surface area contributed by atoms with Crippen LogP contribution in [-0.2, 0) is 16.4 Å². The van der Waals surface area contributed by atoms with Gasteiger partial charge < -0.3 is 9.32 Å². The molecule has 1 fully saturated rings. The molecule has 4 aromatic rings. The average Bonchev–Trinajstić information content (AvgIpc) is 3.53. The first-order valence-electron chi connectivity index (χ1n) is 11.9. The van der Waals surface area contributed by atoms with Gasteiger partial charge in [-0.05, 0) is 61.2 Å². The van der Waals surface area contributed by atoms with Gasteiger partial charge in [-0.1, -0.05) is 36.4 Å². The van der Waals surface area contributed by atoms with Gasteiger partial charge in [-0.25, -0.2) is 13.4 Å². The predicted octanol–water partition coefficient (Wildman–Crippen LogP) is 4.60.